The molecule has 1 aromatic heterocycles. The number of guanidine groups is 1. The van der Waals surface area contributed by atoms with Gasteiger partial charge < -0.3 is 15.2 Å². The van der Waals surface area contributed by atoms with E-state index in [9.17, 15) is 0 Å². The molecule has 0 aliphatic heterocycles. The maximum absolute atomic E-state index is 5.09. The van der Waals surface area contributed by atoms with E-state index in [4.69, 9.17) is 4.52 Å². The lowest BCUT2D eigenvalue weighted by Crippen LogP contribution is -2.38. The van der Waals surface area contributed by atoms with Crippen molar-refractivity contribution in [3.8, 4) is 0 Å². The number of hydrogen-bond donors (Lipinski definition) is 2. The van der Waals surface area contributed by atoms with E-state index in [0.717, 1.165) is 38.4 Å². The summed E-state index contributed by atoms with van der Waals surface area (Å²) >= 11 is 0. The Kier molecular flexibility index (Phi) is 12.2. The average molecular weight is 423 g/mol. The van der Waals surface area contributed by atoms with Gasteiger partial charge in [-0.15, -0.1) is 24.0 Å². The molecule has 0 saturated heterocycles. The predicted molar refractivity (Wildman–Crippen MR) is 101 cm³/mol. The van der Waals surface area contributed by atoms with Crippen LogP contribution in [0.4, 0.5) is 0 Å². The molecule has 2 N–H and O–H groups in total. The molecule has 6 nitrogen and oxygen atoms in total. The second-order valence-electron chi connectivity index (χ2n) is 5.17. The molecule has 0 unspecified atom stereocenters. The van der Waals surface area contributed by atoms with Crippen LogP contribution >= 0.6 is 24.0 Å². The Labute approximate surface area is 150 Å². The fourth-order valence-electron chi connectivity index (χ4n) is 2.00. The van der Waals surface area contributed by atoms with E-state index in [1.165, 1.54) is 12.8 Å². The van der Waals surface area contributed by atoms with Crippen LogP contribution in [0.3, 0.4) is 0 Å². The van der Waals surface area contributed by atoms with Crippen LogP contribution in [-0.2, 0) is 6.42 Å². The molecule has 1 rings (SSSR count). The van der Waals surface area contributed by atoms with Gasteiger partial charge in [-0.1, -0.05) is 31.8 Å². The van der Waals surface area contributed by atoms with Gasteiger partial charge in [-0.3, -0.25) is 4.99 Å². The van der Waals surface area contributed by atoms with Crippen molar-refractivity contribution in [1.29, 1.82) is 0 Å². The molecule has 0 fully saturated rings. The van der Waals surface area contributed by atoms with Gasteiger partial charge in [-0.25, -0.2) is 0 Å². The first-order valence-electron chi connectivity index (χ1n) is 8.00. The molecule has 0 saturated carbocycles. The molecule has 0 aliphatic rings. The third-order valence-corrected chi connectivity index (χ3v) is 3.44. The summed E-state index contributed by atoms with van der Waals surface area (Å²) < 4.78 is 5.09. The molecule has 0 radical (unpaired) electrons. The molecule has 1 heterocycles. The zero-order valence-corrected chi connectivity index (χ0v) is 16.5. The van der Waals surface area contributed by atoms with Gasteiger partial charge in [0.1, 0.15) is 0 Å². The molecule has 0 amide bonds. The van der Waals surface area contributed by atoms with Gasteiger partial charge in [0.05, 0.1) is 0 Å². The highest BCUT2D eigenvalue weighted by atomic mass is 127. The van der Waals surface area contributed by atoms with Crippen LogP contribution in [0.25, 0.3) is 0 Å². The predicted octanol–water partition coefficient (Wildman–Crippen LogP) is 2.92. The van der Waals surface area contributed by atoms with Crippen molar-refractivity contribution in [1.82, 2.24) is 20.8 Å². The summed E-state index contributed by atoms with van der Waals surface area (Å²) in [5.74, 6) is 2.96. The van der Waals surface area contributed by atoms with Gasteiger partial charge in [0, 0.05) is 26.1 Å². The maximum atomic E-state index is 5.09. The summed E-state index contributed by atoms with van der Waals surface area (Å²) in [6.45, 7) is 10.9. The lowest BCUT2D eigenvalue weighted by Gasteiger charge is -2.13. The average Bonchev–Trinajstić information content (AvgIpc) is 2.90. The minimum Gasteiger partial charge on any atom is -0.357 e. The van der Waals surface area contributed by atoms with E-state index < -0.39 is 0 Å². The van der Waals surface area contributed by atoms with Crippen LogP contribution in [0.5, 0.6) is 0 Å². The summed E-state index contributed by atoms with van der Waals surface area (Å²) in [6, 6.07) is 0. The smallest absolute Gasteiger partial charge is 0.226 e. The van der Waals surface area contributed by atoms with Crippen molar-refractivity contribution < 1.29 is 4.52 Å². The van der Waals surface area contributed by atoms with Crippen LogP contribution in [-0.4, -0.2) is 35.7 Å². The maximum Gasteiger partial charge on any atom is 0.226 e. The molecular formula is C15H30IN5O. The molecule has 0 atom stereocenters. The minimum absolute atomic E-state index is 0. The van der Waals surface area contributed by atoms with Gasteiger partial charge in [0.15, 0.2) is 11.8 Å². The molecule has 0 aromatic carbocycles. The first-order chi connectivity index (χ1) is 10.2. The number of rotatable bonds is 9. The monoisotopic (exact) mass is 423 g/mol. The fraction of sp³-hybridized carbons (Fsp3) is 0.800. The topological polar surface area (TPSA) is 75.3 Å². The molecule has 22 heavy (non-hydrogen) atoms. The van der Waals surface area contributed by atoms with Gasteiger partial charge in [-0.2, -0.15) is 4.98 Å². The molecule has 1 aromatic rings. The SMILES string of the molecule is CCNC(=NCC(CC)CC)NCCCc1nc(C)no1.I. The zero-order chi connectivity index (χ0) is 15.5. The van der Waals surface area contributed by atoms with Crippen molar-refractivity contribution >= 4 is 29.9 Å². The highest BCUT2D eigenvalue weighted by Crippen LogP contribution is 2.07. The second-order valence-corrected chi connectivity index (χ2v) is 5.17. The van der Waals surface area contributed by atoms with Crippen LogP contribution < -0.4 is 10.6 Å². The number of aromatic nitrogens is 2. The summed E-state index contributed by atoms with van der Waals surface area (Å²) in [7, 11) is 0. The summed E-state index contributed by atoms with van der Waals surface area (Å²) in [4.78, 5) is 8.84. The minimum atomic E-state index is 0. The van der Waals surface area contributed by atoms with E-state index in [2.05, 4.69) is 46.5 Å². The molecule has 0 aliphatic carbocycles. The van der Waals surface area contributed by atoms with Crippen molar-refractivity contribution in [2.75, 3.05) is 19.6 Å². The molecule has 0 bridgehead atoms. The highest BCUT2D eigenvalue weighted by molar-refractivity contribution is 14.0. The Bertz CT molecular complexity index is 418. The molecule has 128 valence electrons. The lowest BCUT2D eigenvalue weighted by atomic mass is 10.0. The summed E-state index contributed by atoms with van der Waals surface area (Å²) in [6.07, 6.45) is 4.09. The number of aryl methyl sites for hydroxylation is 2. The lowest BCUT2D eigenvalue weighted by molar-refractivity contribution is 0.372. The molecule has 7 heteroatoms. The zero-order valence-electron chi connectivity index (χ0n) is 14.2. The van der Waals surface area contributed by atoms with Crippen LogP contribution in [0.15, 0.2) is 9.52 Å². The van der Waals surface area contributed by atoms with Gasteiger partial charge in [-0.05, 0) is 26.2 Å². The largest absolute Gasteiger partial charge is 0.357 e. The standard InChI is InChI=1S/C15H29N5O.HI/c1-5-13(6-2)11-18-15(16-7-3)17-10-8-9-14-19-12(4)20-21-14;/h13H,5-11H2,1-4H3,(H2,16,17,18);1H. The van der Waals surface area contributed by atoms with E-state index in [1.807, 2.05) is 6.92 Å². The Hall–Kier alpha value is -0.860. The number of nitrogens with one attached hydrogen (secondary N) is 2. The number of nitrogens with zero attached hydrogens (tertiary/aromatic N) is 3. The molecule has 0 spiro atoms. The van der Waals surface area contributed by atoms with Gasteiger partial charge in [0.25, 0.3) is 0 Å². The summed E-state index contributed by atoms with van der Waals surface area (Å²) in [5, 5.41) is 10.4. The third kappa shape index (κ3) is 8.55. The van der Waals surface area contributed by atoms with Gasteiger partial charge >= 0.3 is 0 Å². The first kappa shape index (κ1) is 21.1. The Balaban J connectivity index is 0.00000441. The van der Waals surface area contributed by atoms with E-state index in [0.29, 0.717) is 17.6 Å². The van der Waals surface area contributed by atoms with Crippen LogP contribution in [0, 0.1) is 12.8 Å². The van der Waals surface area contributed by atoms with Crippen molar-refractivity contribution in [2.24, 2.45) is 10.9 Å². The number of aliphatic imine (C=N–C) groups is 1. The summed E-state index contributed by atoms with van der Waals surface area (Å²) in [5.41, 5.74) is 0. The normalized spacial score (nSPS) is 11.4. The number of hydrogen-bond acceptors (Lipinski definition) is 4. The van der Waals surface area contributed by atoms with E-state index in [-0.39, 0.29) is 24.0 Å². The van der Waals surface area contributed by atoms with Crippen molar-refractivity contribution in [2.45, 2.75) is 53.4 Å². The third-order valence-electron chi connectivity index (χ3n) is 3.44. The second kappa shape index (κ2) is 12.7. The van der Waals surface area contributed by atoms with Crippen LogP contribution in [0.2, 0.25) is 0 Å². The van der Waals surface area contributed by atoms with E-state index in [1.54, 1.807) is 0 Å². The molecular weight excluding hydrogens is 393 g/mol. The first-order valence-corrected chi connectivity index (χ1v) is 8.00. The van der Waals surface area contributed by atoms with Crippen LogP contribution in [0.1, 0.15) is 51.7 Å². The quantitative estimate of drug-likeness (QED) is 0.277. The number of halogens is 1. The highest BCUT2D eigenvalue weighted by Gasteiger charge is 2.05. The fourth-order valence-corrected chi connectivity index (χ4v) is 2.00. The van der Waals surface area contributed by atoms with Gasteiger partial charge in [0.2, 0.25) is 5.89 Å². The van der Waals surface area contributed by atoms with E-state index >= 15 is 0 Å². The Morgan fingerprint density at radius 1 is 1.23 bits per heavy atom. The Morgan fingerprint density at radius 3 is 2.50 bits per heavy atom. The van der Waals surface area contributed by atoms with Crippen molar-refractivity contribution in [3.63, 3.8) is 0 Å². The van der Waals surface area contributed by atoms with Crippen molar-refractivity contribution in [3.05, 3.63) is 11.7 Å². The Morgan fingerprint density at radius 2 is 1.95 bits per heavy atom.